The summed E-state index contributed by atoms with van der Waals surface area (Å²) in [6.45, 7) is 4.49. The Morgan fingerprint density at radius 1 is 1.06 bits per heavy atom. The summed E-state index contributed by atoms with van der Waals surface area (Å²) in [7, 11) is 3.12. The van der Waals surface area contributed by atoms with Crippen LogP contribution in [0.4, 0.5) is 0 Å². The minimum absolute atomic E-state index is 0.0788. The predicted octanol–water partition coefficient (Wildman–Crippen LogP) is 5.02. The minimum Gasteiger partial charge on any atom is -0.497 e. The molecule has 1 N–H and O–H groups in total. The summed E-state index contributed by atoms with van der Waals surface area (Å²) >= 11 is 6.04. The van der Waals surface area contributed by atoms with Gasteiger partial charge in [-0.25, -0.2) is 0 Å². The molecule has 0 saturated heterocycles. The van der Waals surface area contributed by atoms with E-state index in [4.69, 9.17) is 21.1 Å². The van der Waals surface area contributed by atoms with Crippen molar-refractivity contribution in [1.29, 1.82) is 0 Å². The number of nitrogens with one attached hydrogen (secondary N) is 1. The van der Waals surface area contributed by atoms with Gasteiger partial charge in [0.15, 0.2) is 0 Å². The van der Waals surface area contributed by atoms with Crippen LogP contribution in [-0.4, -0.2) is 42.9 Å². The number of hydrogen-bond acceptors (Lipinski definition) is 4. The number of benzene rings is 2. The van der Waals surface area contributed by atoms with Gasteiger partial charge in [-0.1, -0.05) is 36.8 Å². The van der Waals surface area contributed by atoms with E-state index in [-0.39, 0.29) is 30.3 Å². The molecule has 0 aliphatic heterocycles. The fourth-order valence-corrected chi connectivity index (χ4v) is 4.63. The second-order valence-corrected chi connectivity index (χ2v) is 9.38. The van der Waals surface area contributed by atoms with E-state index in [1.165, 1.54) is 4.90 Å². The molecule has 34 heavy (non-hydrogen) atoms. The standard InChI is InChI=1S/C27H35ClN2O4/c1-18-5-9-20(10-6-18)17-30(25(31)16-28)26(23-15-22(33-3)13-14-24(23)34-4)27(32)29-21-11-7-19(2)8-12-21/h5-6,9-10,13-15,19,21,26H,7-8,11-12,16-17H2,1-4H3,(H,29,32)/t19?,21?,26-/m0/s1. The molecule has 0 bridgehead atoms. The molecule has 3 rings (SSSR count). The molecule has 0 heterocycles. The van der Waals surface area contributed by atoms with Crippen molar-refractivity contribution >= 4 is 23.4 Å². The fraction of sp³-hybridized carbons (Fsp3) is 0.481. The van der Waals surface area contributed by atoms with Gasteiger partial charge in [0.25, 0.3) is 0 Å². The summed E-state index contributed by atoms with van der Waals surface area (Å²) in [5.74, 6) is 0.950. The normalized spacial score (nSPS) is 18.6. The number of nitrogens with zero attached hydrogens (tertiary/aromatic N) is 1. The lowest BCUT2D eigenvalue weighted by molar-refractivity contribution is -0.140. The van der Waals surface area contributed by atoms with Gasteiger partial charge in [0, 0.05) is 18.2 Å². The molecule has 2 aromatic rings. The van der Waals surface area contributed by atoms with Crippen LogP contribution < -0.4 is 14.8 Å². The Bertz CT molecular complexity index is 971. The van der Waals surface area contributed by atoms with Crippen LogP contribution in [0.15, 0.2) is 42.5 Å². The number of alkyl halides is 1. The Labute approximate surface area is 207 Å². The van der Waals surface area contributed by atoms with Crippen molar-refractivity contribution in [2.45, 2.75) is 58.2 Å². The lowest BCUT2D eigenvalue weighted by Gasteiger charge is -2.34. The Morgan fingerprint density at radius 2 is 1.74 bits per heavy atom. The maximum absolute atomic E-state index is 13.8. The topological polar surface area (TPSA) is 67.9 Å². The summed E-state index contributed by atoms with van der Waals surface area (Å²) in [4.78, 5) is 28.5. The van der Waals surface area contributed by atoms with Crippen molar-refractivity contribution < 1.29 is 19.1 Å². The van der Waals surface area contributed by atoms with Gasteiger partial charge >= 0.3 is 0 Å². The molecule has 6 nitrogen and oxygen atoms in total. The minimum atomic E-state index is -0.919. The first kappa shape index (κ1) is 25.9. The molecule has 1 atom stereocenters. The highest BCUT2D eigenvalue weighted by Crippen LogP contribution is 2.35. The van der Waals surface area contributed by atoms with Crippen LogP contribution in [0.25, 0.3) is 0 Å². The number of methoxy groups -OCH3 is 2. The molecule has 0 unspecified atom stereocenters. The number of ether oxygens (including phenoxy) is 2. The molecule has 1 aliphatic carbocycles. The molecular formula is C27H35ClN2O4. The number of rotatable bonds is 9. The third-order valence-corrected chi connectivity index (χ3v) is 6.79. The van der Waals surface area contributed by atoms with Gasteiger partial charge in [-0.2, -0.15) is 0 Å². The van der Waals surface area contributed by atoms with Crippen molar-refractivity contribution in [3.05, 3.63) is 59.2 Å². The van der Waals surface area contributed by atoms with E-state index in [0.29, 0.717) is 23.0 Å². The number of aryl methyl sites for hydroxylation is 1. The highest BCUT2D eigenvalue weighted by molar-refractivity contribution is 6.27. The Balaban J connectivity index is 2.03. The molecule has 0 spiro atoms. The zero-order valence-electron chi connectivity index (χ0n) is 20.5. The van der Waals surface area contributed by atoms with Crippen LogP contribution in [0, 0.1) is 12.8 Å². The Kier molecular flexibility index (Phi) is 9.22. The fourth-order valence-electron chi connectivity index (χ4n) is 4.48. The monoisotopic (exact) mass is 486 g/mol. The average Bonchev–Trinajstić information content (AvgIpc) is 2.85. The van der Waals surface area contributed by atoms with E-state index in [9.17, 15) is 9.59 Å². The van der Waals surface area contributed by atoms with E-state index in [2.05, 4.69) is 12.2 Å². The number of hydrogen-bond donors (Lipinski definition) is 1. The quantitative estimate of drug-likeness (QED) is 0.505. The largest absolute Gasteiger partial charge is 0.497 e. The number of carbonyl (C=O) groups is 2. The smallest absolute Gasteiger partial charge is 0.247 e. The van der Waals surface area contributed by atoms with E-state index < -0.39 is 6.04 Å². The number of halogens is 1. The molecule has 1 saturated carbocycles. The molecular weight excluding hydrogens is 452 g/mol. The first-order chi connectivity index (χ1) is 16.4. The number of carbonyl (C=O) groups excluding carboxylic acids is 2. The third-order valence-electron chi connectivity index (χ3n) is 6.56. The summed E-state index contributed by atoms with van der Waals surface area (Å²) in [6, 6.07) is 12.3. The summed E-state index contributed by atoms with van der Waals surface area (Å²) in [5, 5.41) is 3.21. The lowest BCUT2D eigenvalue weighted by atomic mass is 9.87. The van der Waals surface area contributed by atoms with Crippen LogP contribution in [0.3, 0.4) is 0 Å². The molecule has 1 aliphatic rings. The summed E-state index contributed by atoms with van der Waals surface area (Å²) in [6.07, 6.45) is 4.00. The molecule has 0 aromatic heterocycles. The van der Waals surface area contributed by atoms with Gasteiger partial charge in [0.1, 0.15) is 23.4 Å². The van der Waals surface area contributed by atoms with E-state index in [1.807, 2.05) is 31.2 Å². The second kappa shape index (κ2) is 12.1. The zero-order valence-corrected chi connectivity index (χ0v) is 21.2. The van der Waals surface area contributed by atoms with Crippen molar-refractivity contribution in [2.24, 2.45) is 5.92 Å². The highest BCUT2D eigenvalue weighted by atomic mass is 35.5. The Hall–Kier alpha value is -2.73. The van der Waals surface area contributed by atoms with Gasteiger partial charge in [-0.3, -0.25) is 9.59 Å². The van der Waals surface area contributed by atoms with E-state index >= 15 is 0 Å². The SMILES string of the molecule is COc1ccc(OC)c([C@@H](C(=O)NC2CCC(C)CC2)N(Cc2ccc(C)cc2)C(=O)CCl)c1. The molecule has 7 heteroatoms. The first-order valence-corrected chi connectivity index (χ1v) is 12.3. The van der Waals surface area contributed by atoms with Crippen molar-refractivity contribution in [2.75, 3.05) is 20.1 Å². The van der Waals surface area contributed by atoms with Crippen LogP contribution >= 0.6 is 11.6 Å². The van der Waals surface area contributed by atoms with Gasteiger partial charge in [-0.15, -0.1) is 11.6 Å². The van der Waals surface area contributed by atoms with Crippen LogP contribution in [-0.2, 0) is 16.1 Å². The predicted molar refractivity (Wildman–Crippen MR) is 134 cm³/mol. The second-order valence-electron chi connectivity index (χ2n) is 9.12. The zero-order chi connectivity index (χ0) is 24.7. The highest BCUT2D eigenvalue weighted by Gasteiger charge is 2.35. The maximum atomic E-state index is 13.8. The lowest BCUT2D eigenvalue weighted by Crippen LogP contribution is -2.47. The van der Waals surface area contributed by atoms with Gasteiger partial charge in [0.2, 0.25) is 11.8 Å². The van der Waals surface area contributed by atoms with Crippen LogP contribution in [0.2, 0.25) is 0 Å². The average molecular weight is 487 g/mol. The third kappa shape index (κ3) is 6.44. The van der Waals surface area contributed by atoms with Crippen molar-refractivity contribution in [3.63, 3.8) is 0 Å². The van der Waals surface area contributed by atoms with E-state index in [0.717, 1.165) is 36.8 Å². The maximum Gasteiger partial charge on any atom is 0.247 e. The van der Waals surface area contributed by atoms with Crippen molar-refractivity contribution in [1.82, 2.24) is 10.2 Å². The van der Waals surface area contributed by atoms with Crippen molar-refractivity contribution in [3.8, 4) is 11.5 Å². The summed E-state index contributed by atoms with van der Waals surface area (Å²) in [5.41, 5.74) is 2.60. The van der Waals surface area contributed by atoms with Crippen LogP contribution in [0.1, 0.15) is 55.3 Å². The summed E-state index contributed by atoms with van der Waals surface area (Å²) < 4.78 is 11.0. The Morgan fingerprint density at radius 3 is 2.32 bits per heavy atom. The molecule has 0 radical (unpaired) electrons. The molecule has 2 aromatic carbocycles. The van der Waals surface area contributed by atoms with E-state index in [1.54, 1.807) is 32.4 Å². The van der Waals surface area contributed by atoms with Gasteiger partial charge < -0.3 is 19.7 Å². The first-order valence-electron chi connectivity index (χ1n) is 11.8. The molecule has 184 valence electrons. The molecule has 2 amide bonds. The van der Waals surface area contributed by atoms with Gasteiger partial charge in [-0.05, 0) is 62.3 Å². The van der Waals surface area contributed by atoms with Gasteiger partial charge in [0.05, 0.1) is 14.2 Å². The molecule has 1 fully saturated rings. The van der Waals surface area contributed by atoms with Crippen LogP contribution in [0.5, 0.6) is 11.5 Å². The number of amides is 2.